The van der Waals surface area contributed by atoms with Crippen LogP contribution in [0.1, 0.15) is 17.3 Å². The highest BCUT2D eigenvalue weighted by Gasteiger charge is 2.22. The molecule has 3 rings (SSSR count). The second kappa shape index (κ2) is 9.02. The van der Waals surface area contributed by atoms with Crippen LogP contribution in [-0.4, -0.2) is 61.0 Å². The quantitative estimate of drug-likeness (QED) is 0.838. The number of aromatic nitrogens is 1. The molecule has 0 atom stereocenters. The average Bonchev–Trinajstić information content (AvgIpc) is 2.73. The summed E-state index contributed by atoms with van der Waals surface area (Å²) in [6.45, 7) is 5.11. The topological polar surface area (TPSA) is 74.8 Å². The smallest absolute Gasteiger partial charge is 0.255 e. The maximum atomic E-state index is 12.4. The van der Waals surface area contributed by atoms with Gasteiger partial charge in [-0.05, 0) is 31.2 Å². The molecule has 1 aromatic carbocycles. The molecule has 0 saturated carbocycles. The van der Waals surface area contributed by atoms with E-state index < -0.39 is 0 Å². The number of hydrogen-bond donors (Lipinski definition) is 1. The highest BCUT2D eigenvalue weighted by Crippen LogP contribution is 2.18. The van der Waals surface area contributed by atoms with E-state index in [1.165, 1.54) is 0 Å². The minimum absolute atomic E-state index is 0.0193. The third-order valence-corrected chi connectivity index (χ3v) is 4.49. The summed E-state index contributed by atoms with van der Waals surface area (Å²) < 4.78 is 5.47. The van der Waals surface area contributed by atoms with Gasteiger partial charge in [-0.1, -0.05) is 12.1 Å². The fourth-order valence-electron chi connectivity index (χ4n) is 3.07. The van der Waals surface area contributed by atoms with Crippen LogP contribution in [0.3, 0.4) is 0 Å². The van der Waals surface area contributed by atoms with Crippen LogP contribution >= 0.6 is 0 Å². The number of nitrogens with zero attached hydrogens (tertiary/aromatic N) is 3. The van der Waals surface area contributed by atoms with Crippen LogP contribution < -0.4 is 15.0 Å². The fraction of sp³-hybridized carbons (Fsp3) is 0.350. The molecular formula is C20H24N4O3. The summed E-state index contributed by atoms with van der Waals surface area (Å²) in [6, 6.07) is 11.0. The van der Waals surface area contributed by atoms with Crippen molar-refractivity contribution < 1.29 is 14.3 Å². The molecule has 0 unspecified atom stereocenters. The van der Waals surface area contributed by atoms with E-state index >= 15 is 0 Å². The number of carbonyl (C=O) groups is 2. The van der Waals surface area contributed by atoms with Crippen molar-refractivity contribution in [3.63, 3.8) is 0 Å². The SMILES string of the molecule is CCOc1ccccc1C(=O)NCC(=O)N1CCN(c2ccncc2)CC1. The van der Waals surface area contributed by atoms with Gasteiger partial charge in [-0.2, -0.15) is 0 Å². The highest BCUT2D eigenvalue weighted by molar-refractivity contribution is 5.98. The molecule has 1 saturated heterocycles. The first kappa shape index (κ1) is 18.7. The van der Waals surface area contributed by atoms with E-state index in [-0.39, 0.29) is 18.4 Å². The molecule has 1 fully saturated rings. The summed E-state index contributed by atoms with van der Waals surface area (Å²) in [6.07, 6.45) is 3.53. The monoisotopic (exact) mass is 368 g/mol. The molecule has 2 amide bonds. The van der Waals surface area contributed by atoms with Gasteiger partial charge in [-0.15, -0.1) is 0 Å². The van der Waals surface area contributed by atoms with Gasteiger partial charge in [-0.25, -0.2) is 0 Å². The van der Waals surface area contributed by atoms with E-state index in [0.717, 1.165) is 18.8 Å². The highest BCUT2D eigenvalue weighted by atomic mass is 16.5. The van der Waals surface area contributed by atoms with E-state index in [0.29, 0.717) is 31.0 Å². The Morgan fingerprint density at radius 2 is 1.78 bits per heavy atom. The Bertz CT molecular complexity index is 774. The maximum absolute atomic E-state index is 12.4. The zero-order valence-electron chi connectivity index (χ0n) is 15.4. The van der Waals surface area contributed by atoms with Gasteiger partial charge in [-0.3, -0.25) is 14.6 Å². The van der Waals surface area contributed by atoms with E-state index in [9.17, 15) is 9.59 Å². The molecule has 0 spiro atoms. The molecule has 1 aromatic heterocycles. The predicted molar refractivity (Wildman–Crippen MR) is 103 cm³/mol. The first-order valence-electron chi connectivity index (χ1n) is 9.12. The van der Waals surface area contributed by atoms with Gasteiger partial charge in [0.1, 0.15) is 5.75 Å². The van der Waals surface area contributed by atoms with Crippen LogP contribution in [0, 0.1) is 0 Å². The first-order valence-corrected chi connectivity index (χ1v) is 9.12. The van der Waals surface area contributed by atoms with Gasteiger partial charge in [0.15, 0.2) is 0 Å². The van der Waals surface area contributed by atoms with Crippen molar-refractivity contribution >= 4 is 17.5 Å². The molecule has 2 heterocycles. The Hall–Kier alpha value is -3.09. The zero-order chi connectivity index (χ0) is 19.1. The Balaban J connectivity index is 1.50. The molecule has 7 heteroatoms. The molecule has 27 heavy (non-hydrogen) atoms. The van der Waals surface area contributed by atoms with Crippen LogP contribution in [0.25, 0.3) is 0 Å². The van der Waals surface area contributed by atoms with Crippen LogP contribution in [0.4, 0.5) is 5.69 Å². The Kier molecular flexibility index (Phi) is 6.25. The lowest BCUT2D eigenvalue weighted by molar-refractivity contribution is -0.130. The predicted octanol–water partition coefficient (Wildman–Crippen LogP) is 1.56. The lowest BCUT2D eigenvalue weighted by Crippen LogP contribution is -2.51. The van der Waals surface area contributed by atoms with Gasteiger partial charge in [0.2, 0.25) is 5.91 Å². The number of rotatable bonds is 6. The average molecular weight is 368 g/mol. The number of anilines is 1. The molecule has 2 aromatic rings. The number of ether oxygens (including phenoxy) is 1. The van der Waals surface area contributed by atoms with Crippen molar-refractivity contribution in [2.45, 2.75) is 6.92 Å². The van der Waals surface area contributed by atoms with Gasteiger partial charge in [0.25, 0.3) is 5.91 Å². The summed E-state index contributed by atoms with van der Waals surface area (Å²) in [5.41, 5.74) is 1.55. The minimum atomic E-state index is -0.303. The van der Waals surface area contributed by atoms with Crippen molar-refractivity contribution in [3.05, 3.63) is 54.4 Å². The van der Waals surface area contributed by atoms with Gasteiger partial charge < -0.3 is 19.9 Å². The third-order valence-electron chi connectivity index (χ3n) is 4.49. The summed E-state index contributed by atoms with van der Waals surface area (Å²) in [5, 5.41) is 2.71. The molecule has 1 aliphatic rings. The van der Waals surface area contributed by atoms with Crippen molar-refractivity contribution in [3.8, 4) is 5.75 Å². The Labute approximate surface area is 158 Å². The molecular weight excluding hydrogens is 344 g/mol. The third kappa shape index (κ3) is 4.75. The maximum Gasteiger partial charge on any atom is 0.255 e. The van der Waals surface area contributed by atoms with E-state index in [4.69, 9.17) is 4.74 Å². The van der Waals surface area contributed by atoms with E-state index in [2.05, 4.69) is 15.2 Å². The summed E-state index contributed by atoms with van der Waals surface area (Å²) in [4.78, 5) is 32.9. The molecule has 0 bridgehead atoms. The van der Waals surface area contributed by atoms with Crippen molar-refractivity contribution in [1.29, 1.82) is 0 Å². The molecule has 142 valence electrons. The van der Waals surface area contributed by atoms with Gasteiger partial charge in [0, 0.05) is 44.3 Å². The number of piperazine rings is 1. The summed E-state index contributed by atoms with van der Waals surface area (Å²) in [5.74, 6) is 0.144. The van der Waals surface area contributed by atoms with Crippen LogP contribution in [-0.2, 0) is 4.79 Å². The van der Waals surface area contributed by atoms with Gasteiger partial charge >= 0.3 is 0 Å². The van der Waals surface area contributed by atoms with E-state index in [1.807, 2.05) is 25.1 Å². The Morgan fingerprint density at radius 3 is 2.48 bits per heavy atom. The number of benzene rings is 1. The minimum Gasteiger partial charge on any atom is -0.493 e. The number of pyridine rings is 1. The van der Waals surface area contributed by atoms with Crippen LogP contribution in [0.15, 0.2) is 48.8 Å². The number of hydrogen-bond acceptors (Lipinski definition) is 5. The van der Waals surface area contributed by atoms with Crippen molar-refractivity contribution in [2.24, 2.45) is 0 Å². The normalized spacial score (nSPS) is 14.0. The molecule has 7 nitrogen and oxygen atoms in total. The molecule has 1 aliphatic heterocycles. The number of carbonyl (C=O) groups excluding carboxylic acids is 2. The molecule has 1 N–H and O–H groups in total. The number of nitrogens with one attached hydrogen (secondary N) is 1. The standard InChI is InChI=1S/C20H24N4O3/c1-2-27-18-6-4-3-5-17(18)20(26)22-15-19(25)24-13-11-23(12-14-24)16-7-9-21-10-8-16/h3-10H,2,11-15H2,1H3,(H,22,26). The molecule has 0 radical (unpaired) electrons. The second-order valence-corrected chi connectivity index (χ2v) is 6.19. The lowest BCUT2D eigenvalue weighted by Gasteiger charge is -2.36. The number of amides is 2. The lowest BCUT2D eigenvalue weighted by atomic mass is 10.2. The largest absolute Gasteiger partial charge is 0.493 e. The zero-order valence-corrected chi connectivity index (χ0v) is 15.4. The van der Waals surface area contributed by atoms with Crippen molar-refractivity contribution in [1.82, 2.24) is 15.2 Å². The van der Waals surface area contributed by atoms with Crippen molar-refractivity contribution in [2.75, 3.05) is 44.2 Å². The fourth-order valence-corrected chi connectivity index (χ4v) is 3.07. The Morgan fingerprint density at radius 1 is 1.07 bits per heavy atom. The second-order valence-electron chi connectivity index (χ2n) is 6.19. The van der Waals surface area contributed by atoms with Crippen LogP contribution in [0.5, 0.6) is 5.75 Å². The number of para-hydroxylation sites is 1. The van der Waals surface area contributed by atoms with Gasteiger partial charge in [0.05, 0.1) is 18.7 Å². The first-order chi connectivity index (χ1) is 13.2. The van der Waals surface area contributed by atoms with Crippen LogP contribution in [0.2, 0.25) is 0 Å². The van der Waals surface area contributed by atoms with E-state index in [1.54, 1.807) is 35.5 Å². The summed E-state index contributed by atoms with van der Waals surface area (Å²) in [7, 11) is 0. The summed E-state index contributed by atoms with van der Waals surface area (Å²) >= 11 is 0. The molecule has 0 aliphatic carbocycles.